The third kappa shape index (κ3) is 2.43. The second-order valence-electron chi connectivity index (χ2n) is 4.78. The van der Waals surface area contributed by atoms with Gasteiger partial charge in [0.1, 0.15) is 10.9 Å². The van der Waals surface area contributed by atoms with E-state index in [0.717, 1.165) is 4.88 Å². The quantitative estimate of drug-likeness (QED) is 0.795. The average Bonchev–Trinajstić information content (AvgIpc) is 3.02. The summed E-state index contributed by atoms with van der Waals surface area (Å²) >= 11 is 1.52. The number of hydrogen-bond donors (Lipinski definition) is 0. The summed E-state index contributed by atoms with van der Waals surface area (Å²) in [5.74, 6) is -0.577. The van der Waals surface area contributed by atoms with Crippen molar-refractivity contribution in [3.8, 4) is 0 Å². The Morgan fingerprint density at radius 1 is 1.45 bits per heavy atom. The number of thiophene rings is 1. The van der Waals surface area contributed by atoms with E-state index in [4.69, 9.17) is 4.74 Å². The van der Waals surface area contributed by atoms with Crippen molar-refractivity contribution in [3.05, 3.63) is 46.4 Å². The summed E-state index contributed by atoms with van der Waals surface area (Å²) in [6.07, 6.45) is 3.37. The van der Waals surface area contributed by atoms with Crippen LogP contribution < -0.4 is 0 Å². The highest BCUT2D eigenvalue weighted by molar-refractivity contribution is 7.89. The number of sulfonamides is 1. The fraction of sp³-hybridized carbons (Fsp3) is 0.286. The van der Waals surface area contributed by atoms with Gasteiger partial charge >= 0.3 is 5.97 Å². The molecule has 1 aliphatic rings. The lowest BCUT2D eigenvalue weighted by molar-refractivity contribution is -0.145. The first-order valence-electron chi connectivity index (χ1n) is 6.61. The number of hydrogen-bond acceptors (Lipinski definition) is 6. The number of rotatable bonds is 3. The second-order valence-corrected chi connectivity index (χ2v) is 7.67. The van der Waals surface area contributed by atoms with Gasteiger partial charge in [0.15, 0.2) is 0 Å². The minimum absolute atomic E-state index is 0.0718. The zero-order valence-electron chi connectivity index (χ0n) is 11.8. The van der Waals surface area contributed by atoms with Gasteiger partial charge < -0.3 is 4.74 Å². The van der Waals surface area contributed by atoms with Gasteiger partial charge in [-0.3, -0.25) is 4.98 Å². The molecule has 0 saturated carbocycles. The normalized spacial score (nSPS) is 18.7. The van der Waals surface area contributed by atoms with Gasteiger partial charge in [0.25, 0.3) is 0 Å². The highest BCUT2D eigenvalue weighted by Gasteiger charge is 2.41. The molecule has 0 fully saturated rings. The van der Waals surface area contributed by atoms with Crippen LogP contribution >= 0.6 is 11.3 Å². The van der Waals surface area contributed by atoms with Crippen LogP contribution in [-0.2, 0) is 26.0 Å². The summed E-state index contributed by atoms with van der Waals surface area (Å²) in [6, 6.07) is 3.87. The van der Waals surface area contributed by atoms with Crippen molar-refractivity contribution < 1.29 is 17.9 Å². The number of fused-ring (bicyclic) bond motifs is 1. The fourth-order valence-corrected chi connectivity index (χ4v) is 4.97. The summed E-state index contributed by atoms with van der Waals surface area (Å²) in [5, 5.41) is 1.86. The van der Waals surface area contributed by atoms with Crippen molar-refractivity contribution in [2.75, 3.05) is 13.7 Å². The van der Waals surface area contributed by atoms with Crippen LogP contribution in [0.1, 0.15) is 16.5 Å². The second kappa shape index (κ2) is 5.79. The van der Waals surface area contributed by atoms with Gasteiger partial charge in [0, 0.05) is 23.8 Å². The Hall–Kier alpha value is -1.77. The lowest BCUT2D eigenvalue weighted by Crippen LogP contribution is -2.43. The largest absolute Gasteiger partial charge is 0.468 e. The van der Waals surface area contributed by atoms with E-state index in [2.05, 4.69) is 4.98 Å². The molecule has 22 heavy (non-hydrogen) atoms. The maximum absolute atomic E-state index is 12.8. The molecule has 2 aromatic rings. The van der Waals surface area contributed by atoms with E-state index in [1.54, 1.807) is 12.1 Å². The lowest BCUT2D eigenvalue weighted by Gasteiger charge is -2.32. The van der Waals surface area contributed by atoms with Crippen molar-refractivity contribution in [3.63, 3.8) is 0 Å². The van der Waals surface area contributed by atoms with Gasteiger partial charge in [-0.2, -0.15) is 4.31 Å². The molecule has 3 rings (SSSR count). The van der Waals surface area contributed by atoms with Crippen LogP contribution in [0.25, 0.3) is 0 Å². The third-order valence-electron chi connectivity index (χ3n) is 3.59. The van der Waals surface area contributed by atoms with E-state index in [-0.39, 0.29) is 11.4 Å². The van der Waals surface area contributed by atoms with Crippen LogP contribution in [0.5, 0.6) is 0 Å². The smallest absolute Gasteiger partial charge is 0.328 e. The van der Waals surface area contributed by atoms with Crippen molar-refractivity contribution >= 4 is 27.3 Å². The van der Waals surface area contributed by atoms with Crippen LogP contribution in [0.3, 0.4) is 0 Å². The summed E-state index contributed by atoms with van der Waals surface area (Å²) in [7, 11) is -2.55. The predicted octanol–water partition coefficient (Wildman–Crippen LogP) is 1.60. The van der Waals surface area contributed by atoms with Gasteiger partial charge in [-0.05, 0) is 35.6 Å². The van der Waals surface area contributed by atoms with E-state index < -0.39 is 22.0 Å². The Kier molecular flexibility index (Phi) is 3.98. The van der Waals surface area contributed by atoms with E-state index >= 15 is 0 Å². The van der Waals surface area contributed by atoms with Gasteiger partial charge in [-0.15, -0.1) is 11.3 Å². The summed E-state index contributed by atoms with van der Waals surface area (Å²) < 4.78 is 31.7. The molecule has 1 atom stereocenters. The average molecular weight is 338 g/mol. The van der Waals surface area contributed by atoms with Crippen molar-refractivity contribution in [1.82, 2.24) is 9.29 Å². The standard InChI is InChI=1S/C14H14N2O4S2/c1-20-14(17)13-11-5-8-21-12(11)4-7-16(13)22(18,19)10-3-2-6-15-9-10/h2-3,5-6,8-9,13H,4,7H2,1H3. The monoisotopic (exact) mass is 338 g/mol. The highest BCUT2D eigenvalue weighted by Crippen LogP contribution is 2.37. The minimum atomic E-state index is -3.81. The number of nitrogens with zero attached hydrogens (tertiary/aromatic N) is 2. The molecule has 0 aromatic carbocycles. The summed E-state index contributed by atoms with van der Waals surface area (Å²) in [6.45, 7) is 0.241. The first-order valence-corrected chi connectivity index (χ1v) is 8.93. The van der Waals surface area contributed by atoms with Gasteiger partial charge in [0.05, 0.1) is 7.11 Å². The Morgan fingerprint density at radius 3 is 2.95 bits per heavy atom. The minimum Gasteiger partial charge on any atom is -0.468 e. The molecule has 8 heteroatoms. The summed E-state index contributed by atoms with van der Waals surface area (Å²) in [5.41, 5.74) is 0.704. The number of pyridine rings is 1. The fourth-order valence-electron chi connectivity index (χ4n) is 2.54. The Morgan fingerprint density at radius 2 is 2.27 bits per heavy atom. The maximum Gasteiger partial charge on any atom is 0.328 e. The summed E-state index contributed by atoms with van der Waals surface area (Å²) in [4.78, 5) is 17.1. The van der Waals surface area contributed by atoms with Gasteiger partial charge in [-0.1, -0.05) is 0 Å². The third-order valence-corrected chi connectivity index (χ3v) is 6.43. The Bertz CT molecular complexity index is 786. The SMILES string of the molecule is COC(=O)C1c2ccsc2CCN1S(=O)(=O)c1cccnc1. The van der Waals surface area contributed by atoms with Gasteiger partial charge in [0.2, 0.25) is 10.0 Å². The van der Waals surface area contributed by atoms with E-state index in [1.807, 2.05) is 5.38 Å². The maximum atomic E-state index is 12.8. The lowest BCUT2D eigenvalue weighted by atomic mass is 10.0. The van der Waals surface area contributed by atoms with Crippen LogP contribution in [0.2, 0.25) is 0 Å². The number of esters is 1. The zero-order valence-corrected chi connectivity index (χ0v) is 13.4. The number of aromatic nitrogens is 1. The molecular weight excluding hydrogens is 324 g/mol. The Balaban J connectivity index is 2.08. The van der Waals surface area contributed by atoms with Crippen LogP contribution in [-0.4, -0.2) is 37.3 Å². The van der Waals surface area contributed by atoms with Crippen molar-refractivity contribution in [2.24, 2.45) is 0 Å². The zero-order chi connectivity index (χ0) is 15.7. The van der Waals surface area contributed by atoms with Crippen molar-refractivity contribution in [1.29, 1.82) is 0 Å². The van der Waals surface area contributed by atoms with Crippen LogP contribution in [0.4, 0.5) is 0 Å². The molecule has 0 N–H and O–H groups in total. The molecule has 0 radical (unpaired) electrons. The van der Waals surface area contributed by atoms with E-state index in [0.29, 0.717) is 12.0 Å². The molecule has 6 nitrogen and oxygen atoms in total. The topological polar surface area (TPSA) is 76.6 Å². The molecule has 1 unspecified atom stereocenters. The molecule has 0 spiro atoms. The first kappa shape index (κ1) is 15.1. The molecule has 0 bridgehead atoms. The van der Waals surface area contributed by atoms with Gasteiger partial charge in [-0.25, -0.2) is 13.2 Å². The molecular formula is C14H14N2O4S2. The van der Waals surface area contributed by atoms with Crippen LogP contribution in [0.15, 0.2) is 40.9 Å². The van der Waals surface area contributed by atoms with Crippen molar-refractivity contribution in [2.45, 2.75) is 17.4 Å². The highest BCUT2D eigenvalue weighted by atomic mass is 32.2. The predicted molar refractivity (Wildman–Crippen MR) is 80.9 cm³/mol. The van der Waals surface area contributed by atoms with E-state index in [9.17, 15) is 13.2 Å². The molecule has 1 aliphatic heterocycles. The molecule has 116 valence electrons. The molecule has 2 aromatic heterocycles. The number of methoxy groups -OCH3 is 1. The molecule has 0 amide bonds. The number of carbonyl (C=O) groups is 1. The molecule has 3 heterocycles. The Labute approximate surface area is 132 Å². The number of carbonyl (C=O) groups excluding carboxylic acids is 1. The molecule has 0 aliphatic carbocycles. The van der Waals surface area contributed by atoms with Crippen LogP contribution in [0, 0.1) is 0 Å². The first-order chi connectivity index (χ1) is 10.6. The number of ether oxygens (including phenoxy) is 1. The molecule has 0 saturated heterocycles. The van der Waals surface area contributed by atoms with E-state index in [1.165, 1.54) is 41.2 Å².